The van der Waals surface area contributed by atoms with Gasteiger partial charge in [0.15, 0.2) is 6.61 Å². The number of nitrogens with one attached hydrogen (secondary N) is 1. The van der Waals surface area contributed by atoms with Crippen molar-refractivity contribution in [2.45, 2.75) is 12.7 Å². The number of fused-ring (bicyclic) bond motifs is 1. The summed E-state index contributed by atoms with van der Waals surface area (Å²) in [5, 5.41) is 6.77. The number of rotatable bonds is 6. The van der Waals surface area contributed by atoms with Crippen LogP contribution < -0.4 is 15.6 Å². The number of nitrogens with zero attached hydrogens (tertiary/aromatic N) is 3. The van der Waals surface area contributed by atoms with E-state index in [9.17, 15) is 22.8 Å². The summed E-state index contributed by atoms with van der Waals surface area (Å²) < 4.78 is 42.2. The molecule has 0 unspecified atom stereocenters. The Morgan fingerprint density at radius 3 is 2.71 bits per heavy atom. The molecule has 0 saturated heterocycles. The van der Waals surface area contributed by atoms with Crippen molar-refractivity contribution < 1.29 is 22.7 Å². The van der Waals surface area contributed by atoms with Gasteiger partial charge in [0.05, 0.1) is 23.6 Å². The summed E-state index contributed by atoms with van der Waals surface area (Å²) in [6, 6.07) is 6.36. The first-order valence-electron chi connectivity index (χ1n) is 8.76. The molecule has 4 aromatic rings. The minimum absolute atomic E-state index is 0.222. The van der Waals surface area contributed by atoms with Crippen molar-refractivity contribution in [2.75, 3.05) is 11.9 Å². The number of aromatic nitrogens is 3. The number of anilines is 1. The second-order valence-electron chi connectivity index (χ2n) is 6.32. The van der Waals surface area contributed by atoms with Crippen LogP contribution in [0.25, 0.3) is 20.7 Å². The van der Waals surface area contributed by atoms with E-state index in [2.05, 4.69) is 20.0 Å². The maximum Gasteiger partial charge on any atom is 0.422 e. The Balaban J connectivity index is 1.47. The number of amides is 1. The molecule has 4 rings (SSSR count). The van der Waals surface area contributed by atoms with Gasteiger partial charge in [0.25, 0.3) is 5.56 Å². The van der Waals surface area contributed by atoms with Crippen LogP contribution in [0.5, 0.6) is 5.88 Å². The van der Waals surface area contributed by atoms with Crippen LogP contribution in [0.4, 0.5) is 18.9 Å². The molecule has 0 aromatic carbocycles. The summed E-state index contributed by atoms with van der Waals surface area (Å²) in [4.78, 5) is 34.8. The Morgan fingerprint density at radius 1 is 1.19 bits per heavy atom. The number of halogens is 3. The normalized spacial score (nSPS) is 11.6. The van der Waals surface area contributed by atoms with Crippen molar-refractivity contribution in [1.29, 1.82) is 0 Å². The third-order valence-corrected chi connectivity index (χ3v) is 5.85. The molecule has 0 aliphatic heterocycles. The highest BCUT2D eigenvalue weighted by Crippen LogP contribution is 2.33. The minimum atomic E-state index is -4.47. The van der Waals surface area contributed by atoms with E-state index >= 15 is 0 Å². The van der Waals surface area contributed by atoms with Crippen molar-refractivity contribution in [3.05, 3.63) is 57.9 Å². The molecule has 0 fully saturated rings. The molecule has 12 heteroatoms. The molecule has 1 N–H and O–H groups in total. The Labute approximate surface area is 180 Å². The highest BCUT2D eigenvalue weighted by molar-refractivity contribution is 7.18. The summed E-state index contributed by atoms with van der Waals surface area (Å²) in [6.07, 6.45) is -1.99. The summed E-state index contributed by atoms with van der Waals surface area (Å²) in [6.45, 7) is -1.74. The van der Waals surface area contributed by atoms with Gasteiger partial charge in [-0.1, -0.05) is 6.07 Å². The molecular formula is C19H13F3N4O3S2. The van der Waals surface area contributed by atoms with Crippen molar-refractivity contribution in [2.24, 2.45) is 0 Å². The van der Waals surface area contributed by atoms with Crippen LogP contribution in [0.2, 0.25) is 0 Å². The first kappa shape index (κ1) is 21.0. The molecular weight excluding hydrogens is 453 g/mol. The molecule has 31 heavy (non-hydrogen) atoms. The number of hydrogen-bond donors (Lipinski definition) is 1. The molecule has 4 aromatic heterocycles. The maximum absolute atomic E-state index is 12.9. The van der Waals surface area contributed by atoms with Crippen LogP contribution in [0.3, 0.4) is 0 Å². The van der Waals surface area contributed by atoms with Gasteiger partial charge in [0, 0.05) is 21.9 Å². The molecule has 0 spiro atoms. The van der Waals surface area contributed by atoms with Crippen LogP contribution in [0.15, 0.2) is 52.3 Å². The van der Waals surface area contributed by atoms with Gasteiger partial charge in [0.2, 0.25) is 11.8 Å². The first-order valence-corrected chi connectivity index (χ1v) is 10.5. The molecule has 0 aliphatic rings. The number of carbonyl (C=O) groups is 1. The monoisotopic (exact) mass is 466 g/mol. The molecule has 0 bridgehead atoms. The maximum atomic E-state index is 12.9. The van der Waals surface area contributed by atoms with Crippen LogP contribution in [-0.4, -0.2) is 33.2 Å². The number of carbonyl (C=O) groups excluding carboxylic acids is 1. The lowest BCUT2D eigenvalue weighted by atomic mass is 10.2. The number of thiophene rings is 2. The van der Waals surface area contributed by atoms with Crippen LogP contribution in [-0.2, 0) is 11.3 Å². The molecule has 1 amide bonds. The molecule has 7 nitrogen and oxygen atoms in total. The Morgan fingerprint density at radius 2 is 2.03 bits per heavy atom. The van der Waals surface area contributed by atoms with Gasteiger partial charge in [-0.25, -0.2) is 9.97 Å². The highest BCUT2D eigenvalue weighted by atomic mass is 32.1. The third-order valence-electron chi connectivity index (χ3n) is 4.07. The molecule has 0 aliphatic carbocycles. The fourth-order valence-corrected chi connectivity index (χ4v) is 4.46. The lowest BCUT2D eigenvalue weighted by Gasteiger charge is -2.10. The highest BCUT2D eigenvalue weighted by Gasteiger charge is 2.28. The van der Waals surface area contributed by atoms with Crippen LogP contribution >= 0.6 is 22.7 Å². The van der Waals surface area contributed by atoms with E-state index in [-0.39, 0.29) is 23.7 Å². The third kappa shape index (κ3) is 4.91. The smallest absolute Gasteiger partial charge is 0.422 e. The average molecular weight is 466 g/mol. The summed E-state index contributed by atoms with van der Waals surface area (Å²) in [5.41, 5.74) is 0.695. The number of alkyl halides is 3. The van der Waals surface area contributed by atoms with E-state index in [4.69, 9.17) is 0 Å². The Hall–Kier alpha value is -3.25. The van der Waals surface area contributed by atoms with Gasteiger partial charge in [-0.05, 0) is 17.5 Å². The van der Waals surface area contributed by atoms with E-state index in [0.717, 1.165) is 10.4 Å². The van der Waals surface area contributed by atoms with Crippen molar-refractivity contribution in [1.82, 2.24) is 14.5 Å². The minimum Gasteiger partial charge on any atom is -0.468 e. The lowest BCUT2D eigenvalue weighted by Crippen LogP contribution is -2.27. The predicted octanol–water partition coefficient (Wildman–Crippen LogP) is 4.16. The molecule has 0 radical (unpaired) electrons. The molecule has 0 saturated carbocycles. The zero-order valence-electron chi connectivity index (χ0n) is 15.5. The Kier molecular flexibility index (Phi) is 5.74. The average Bonchev–Trinajstić information content (AvgIpc) is 3.39. The lowest BCUT2D eigenvalue weighted by molar-refractivity contribution is -0.154. The summed E-state index contributed by atoms with van der Waals surface area (Å²) in [5.74, 6) is -0.735. The van der Waals surface area contributed by atoms with Crippen LogP contribution in [0, 0.1) is 0 Å². The quantitative estimate of drug-likeness (QED) is 0.461. The van der Waals surface area contributed by atoms with Crippen molar-refractivity contribution in [3.63, 3.8) is 0 Å². The van der Waals surface area contributed by atoms with Gasteiger partial charge >= 0.3 is 6.18 Å². The fraction of sp³-hybridized carbons (Fsp3) is 0.158. The predicted molar refractivity (Wildman–Crippen MR) is 112 cm³/mol. The van der Waals surface area contributed by atoms with E-state index in [0.29, 0.717) is 10.2 Å². The number of hydrogen-bond acceptors (Lipinski definition) is 7. The fourth-order valence-electron chi connectivity index (χ4n) is 2.74. The number of pyridine rings is 1. The van der Waals surface area contributed by atoms with Gasteiger partial charge in [-0.2, -0.15) is 13.2 Å². The zero-order valence-corrected chi connectivity index (χ0v) is 17.2. The van der Waals surface area contributed by atoms with Gasteiger partial charge in [-0.3, -0.25) is 14.2 Å². The molecule has 4 heterocycles. The molecule has 0 atom stereocenters. The van der Waals surface area contributed by atoms with Crippen molar-refractivity contribution >= 4 is 44.5 Å². The van der Waals surface area contributed by atoms with Gasteiger partial charge in [0.1, 0.15) is 11.4 Å². The van der Waals surface area contributed by atoms with Crippen molar-refractivity contribution in [3.8, 4) is 16.3 Å². The van der Waals surface area contributed by atoms with Crippen LogP contribution in [0.1, 0.15) is 0 Å². The SMILES string of the molecule is O=C(Cn1cnc2scc(-c3cccs3)c2c1=O)Nc1ccc(OCC(F)(F)F)nc1. The number of ether oxygens (including phenoxy) is 1. The summed E-state index contributed by atoms with van der Waals surface area (Å²) >= 11 is 2.86. The van der Waals surface area contributed by atoms with Gasteiger partial charge in [-0.15, -0.1) is 22.7 Å². The Bertz CT molecular complexity index is 1270. The second kappa shape index (κ2) is 8.47. The summed E-state index contributed by atoms with van der Waals surface area (Å²) in [7, 11) is 0. The second-order valence-corrected chi connectivity index (χ2v) is 8.13. The van der Waals surface area contributed by atoms with Gasteiger partial charge < -0.3 is 10.1 Å². The topological polar surface area (TPSA) is 86.1 Å². The van der Waals surface area contributed by atoms with E-state index in [1.165, 1.54) is 51.9 Å². The first-order chi connectivity index (χ1) is 14.8. The zero-order chi connectivity index (χ0) is 22.0. The molecule has 160 valence electrons. The van der Waals surface area contributed by atoms with E-state index < -0.39 is 18.7 Å². The van der Waals surface area contributed by atoms with E-state index in [1.54, 1.807) is 0 Å². The standard InChI is InChI=1S/C19H13F3N4O3S2/c20-19(21,22)9-29-15-4-3-11(6-23-15)25-14(27)7-26-10-24-17-16(18(26)28)12(8-31-17)13-2-1-5-30-13/h1-6,8,10H,7,9H2,(H,25,27). The largest absolute Gasteiger partial charge is 0.468 e. The van der Waals surface area contributed by atoms with E-state index in [1.807, 2.05) is 22.9 Å².